The lowest BCUT2D eigenvalue weighted by molar-refractivity contribution is 0.0977. The number of rotatable bonds is 6. The van der Waals surface area contributed by atoms with Crippen molar-refractivity contribution in [1.82, 2.24) is 10.8 Å². The average Bonchev–Trinajstić information content (AvgIpc) is 2.89. The first-order valence-corrected chi connectivity index (χ1v) is 8.51. The van der Waals surface area contributed by atoms with Crippen LogP contribution in [-0.4, -0.2) is 47.8 Å². The SMILES string of the molecule is COc1cc(F)c([C@@H]2CN=C(NOCCI)[C@H]2NC(=O)O)c(F)c1. The molecule has 0 saturated carbocycles. The fourth-order valence-electron chi connectivity index (χ4n) is 2.44. The zero-order valence-corrected chi connectivity index (χ0v) is 14.8. The lowest BCUT2D eigenvalue weighted by atomic mass is 9.92. The van der Waals surface area contributed by atoms with Crippen LogP contribution >= 0.6 is 22.6 Å². The third-order valence-electron chi connectivity index (χ3n) is 3.45. The molecule has 0 spiro atoms. The van der Waals surface area contributed by atoms with E-state index in [1.165, 1.54) is 7.11 Å². The Morgan fingerprint density at radius 3 is 2.67 bits per heavy atom. The first-order valence-electron chi connectivity index (χ1n) is 6.98. The molecule has 0 aliphatic carbocycles. The number of alkyl halides is 1. The number of hydroxylamine groups is 1. The Bertz CT molecular complexity index is 621. The number of hydrogen-bond donors (Lipinski definition) is 3. The van der Waals surface area contributed by atoms with Crippen LogP contribution < -0.4 is 15.5 Å². The number of methoxy groups -OCH3 is 1. The van der Waals surface area contributed by atoms with Crippen molar-refractivity contribution in [3.05, 3.63) is 29.3 Å². The van der Waals surface area contributed by atoms with E-state index in [1.807, 2.05) is 0 Å². The molecule has 132 valence electrons. The predicted molar refractivity (Wildman–Crippen MR) is 90.9 cm³/mol. The normalized spacial score (nSPS) is 19.8. The average molecular weight is 455 g/mol. The van der Waals surface area contributed by atoms with E-state index in [2.05, 4.69) is 38.4 Å². The summed E-state index contributed by atoms with van der Waals surface area (Å²) in [5.74, 6) is -2.25. The number of amides is 1. The molecule has 2 rings (SSSR count). The number of benzene rings is 1. The Labute approximate surface area is 150 Å². The molecular weight excluding hydrogens is 439 g/mol. The van der Waals surface area contributed by atoms with Gasteiger partial charge in [0.1, 0.15) is 29.3 Å². The summed E-state index contributed by atoms with van der Waals surface area (Å²) in [5, 5.41) is 11.2. The lowest BCUT2D eigenvalue weighted by Gasteiger charge is -2.22. The van der Waals surface area contributed by atoms with Crippen LogP contribution in [0.15, 0.2) is 17.1 Å². The maximum absolute atomic E-state index is 14.3. The molecule has 1 aliphatic heterocycles. The molecule has 10 heteroatoms. The predicted octanol–water partition coefficient (Wildman–Crippen LogP) is 2.06. The number of ether oxygens (including phenoxy) is 1. The van der Waals surface area contributed by atoms with E-state index in [0.29, 0.717) is 11.0 Å². The van der Waals surface area contributed by atoms with Gasteiger partial charge in [0, 0.05) is 28.0 Å². The van der Waals surface area contributed by atoms with Gasteiger partial charge in [-0.3, -0.25) is 15.3 Å². The van der Waals surface area contributed by atoms with E-state index in [9.17, 15) is 13.6 Å². The number of hydrogen-bond acceptors (Lipinski definition) is 5. The monoisotopic (exact) mass is 455 g/mol. The summed E-state index contributed by atoms with van der Waals surface area (Å²) in [6.07, 6.45) is -1.33. The second-order valence-corrected chi connectivity index (χ2v) is 5.98. The van der Waals surface area contributed by atoms with Crippen molar-refractivity contribution in [2.45, 2.75) is 12.0 Å². The molecule has 1 aromatic rings. The standard InChI is InChI=1S/C14H16F2IN3O4/c1-23-7-4-9(15)11(10(16)5-7)8-6-18-13(20-24-3-2-17)12(8)19-14(21)22/h4-5,8,12,19H,2-3,6H2,1H3,(H,18,20)(H,21,22)/t8-,12-/m0/s1. The van der Waals surface area contributed by atoms with E-state index in [0.717, 1.165) is 12.1 Å². The number of amidine groups is 1. The van der Waals surface area contributed by atoms with Crippen molar-refractivity contribution >= 4 is 34.5 Å². The molecule has 1 heterocycles. The molecule has 7 nitrogen and oxygen atoms in total. The topological polar surface area (TPSA) is 92.2 Å². The lowest BCUT2D eigenvalue weighted by Crippen LogP contribution is -2.47. The highest BCUT2D eigenvalue weighted by Crippen LogP contribution is 2.32. The van der Waals surface area contributed by atoms with Crippen LogP contribution in [0, 0.1) is 11.6 Å². The van der Waals surface area contributed by atoms with Crippen LogP contribution in [0.5, 0.6) is 5.75 Å². The highest BCUT2D eigenvalue weighted by atomic mass is 127. The van der Waals surface area contributed by atoms with Gasteiger partial charge in [-0.1, -0.05) is 22.6 Å². The zero-order chi connectivity index (χ0) is 17.7. The third kappa shape index (κ3) is 4.23. The van der Waals surface area contributed by atoms with Gasteiger partial charge in [-0.15, -0.1) is 0 Å². The number of halogens is 3. The van der Waals surface area contributed by atoms with E-state index < -0.39 is 29.7 Å². The number of carbonyl (C=O) groups is 1. The highest BCUT2D eigenvalue weighted by molar-refractivity contribution is 14.1. The molecule has 0 saturated heterocycles. The van der Waals surface area contributed by atoms with Crippen LogP contribution in [-0.2, 0) is 4.84 Å². The van der Waals surface area contributed by atoms with Gasteiger partial charge in [0.2, 0.25) is 0 Å². The molecule has 3 N–H and O–H groups in total. The fraction of sp³-hybridized carbons (Fsp3) is 0.429. The summed E-state index contributed by atoms with van der Waals surface area (Å²) >= 11 is 2.10. The second-order valence-electron chi connectivity index (χ2n) is 4.90. The first kappa shape index (κ1) is 18.6. The van der Waals surface area contributed by atoms with E-state index in [4.69, 9.17) is 14.7 Å². The summed E-state index contributed by atoms with van der Waals surface area (Å²) in [4.78, 5) is 20.3. The first-order chi connectivity index (χ1) is 11.5. The fourth-order valence-corrected chi connectivity index (χ4v) is 2.66. The van der Waals surface area contributed by atoms with Gasteiger partial charge < -0.3 is 15.2 Å². The van der Waals surface area contributed by atoms with Crippen molar-refractivity contribution in [2.75, 3.05) is 24.7 Å². The number of carboxylic acid groups (broad SMARTS) is 1. The number of nitrogens with one attached hydrogen (secondary N) is 2. The summed E-state index contributed by atoms with van der Waals surface area (Å²) in [6, 6.07) is 1.15. The van der Waals surface area contributed by atoms with Crippen LogP contribution in [0.3, 0.4) is 0 Å². The Hall–Kier alpha value is -1.69. The molecule has 1 aromatic carbocycles. The molecule has 0 bridgehead atoms. The Balaban J connectivity index is 2.28. The van der Waals surface area contributed by atoms with Gasteiger partial charge in [-0.25, -0.2) is 13.6 Å². The van der Waals surface area contributed by atoms with Crippen LogP contribution in [0.25, 0.3) is 0 Å². The van der Waals surface area contributed by atoms with Gasteiger partial charge in [0.05, 0.1) is 20.3 Å². The molecular formula is C14H16F2IN3O4. The minimum absolute atomic E-state index is 0.0149. The van der Waals surface area contributed by atoms with Crippen LogP contribution in [0.4, 0.5) is 13.6 Å². The van der Waals surface area contributed by atoms with Crippen LogP contribution in [0.1, 0.15) is 11.5 Å². The quantitative estimate of drug-likeness (QED) is 0.265. The van der Waals surface area contributed by atoms with Crippen molar-refractivity contribution in [2.24, 2.45) is 4.99 Å². The number of aliphatic imine (C=N–C) groups is 1. The van der Waals surface area contributed by atoms with Gasteiger partial charge >= 0.3 is 6.09 Å². The van der Waals surface area contributed by atoms with Crippen molar-refractivity contribution < 1.29 is 28.3 Å². The van der Waals surface area contributed by atoms with Gasteiger partial charge in [-0.05, 0) is 0 Å². The van der Waals surface area contributed by atoms with E-state index in [1.54, 1.807) is 0 Å². The Kier molecular flexibility index (Phi) is 6.54. The Morgan fingerprint density at radius 1 is 1.46 bits per heavy atom. The van der Waals surface area contributed by atoms with Gasteiger partial charge in [-0.2, -0.15) is 0 Å². The summed E-state index contributed by atoms with van der Waals surface area (Å²) in [5.41, 5.74) is 2.30. The minimum atomic E-state index is -1.33. The molecule has 1 amide bonds. The highest BCUT2D eigenvalue weighted by Gasteiger charge is 2.37. The second kappa shape index (κ2) is 8.42. The third-order valence-corrected chi connectivity index (χ3v) is 3.89. The van der Waals surface area contributed by atoms with Gasteiger partial charge in [0.15, 0.2) is 0 Å². The molecule has 0 radical (unpaired) electrons. The molecule has 0 unspecified atom stereocenters. The molecule has 24 heavy (non-hydrogen) atoms. The summed E-state index contributed by atoms with van der Waals surface area (Å²) < 4.78 is 34.1. The summed E-state index contributed by atoms with van der Waals surface area (Å²) in [6.45, 7) is 0.385. The maximum atomic E-state index is 14.3. The minimum Gasteiger partial charge on any atom is -0.497 e. The molecule has 2 atom stereocenters. The molecule has 0 aromatic heterocycles. The van der Waals surface area contributed by atoms with Gasteiger partial charge in [0.25, 0.3) is 0 Å². The number of nitrogens with zero attached hydrogens (tertiary/aromatic N) is 1. The largest absolute Gasteiger partial charge is 0.497 e. The molecule has 0 fully saturated rings. The molecule has 1 aliphatic rings. The summed E-state index contributed by atoms with van der Waals surface area (Å²) in [7, 11) is 1.30. The zero-order valence-electron chi connectivity index (χ0n) is 12.7. The van der Waals surface area contributed by atoms with Crippen molar-refractivity contribution in [1.29, 1.82) is 0 Å². The van der Waals surface area contributed by atoms with Crippen molar-refractivity contribution in [3.8, 4) is 5.75 Å². The Morgan fingerprint density at radius 2 is 2.12 bits per heavy atom. The van der Waals surface area contributed by atoms with Crippen LogP contribution in [0.2, 0.25) is 0 Å². The van der Waals surface area contributed by atoms with E-state index in [-0.39, 0.29) is 23.7 Å². The van der Waals surface area contributed by atoms with E-state index >= 15 is 0 Å². The maximum Gasteiger partial charge on any atom is 0.405 e. The van der Waals surface area contributed by atoms with Crippen molar-refractivity contribution in [3.63, 3.8) is 0 Å². The smallest absolute Gasteiger partial charge is 0.405 e.